The van der Waals surface area contributed by atoms with Crippen molar-refractivity contribution in [1.29, 1.82) is 0 Å². The summed E-state index contributed by atoms with van der Waals surface area (Å²) in [6.45, 7) is 0. The van der Waals surface area contributed by atoms with Crippen molar-refractivity contribution < 1.29 is 9.47 Å². The molecule has 0 aliphatic rings. The molecule has 16 heavy (non-hydrogen) atoms. The highest BCUT2D eigenvalue weighted by atomic mass is 32.2. The Morgan fingerprint density at radius 3 is 2.56 bits per heavy atom. The molecule has 0 atom stereocenters. The van der Waals surface area contributed by atoms with Crippen molar-refractivity contribution in [2.75, 3.05) is 20.5 Å². The molecule has 0 saturated heterocycles. The first-order valence-corrected chi connectivity index (χ1v) is 5.95. The second-order valence-corrected chi connectivity index (χ2v) is 3.85. The van der Waals surface area contributed by atoms with Gasteiger partial charge in [-0.15, -0.1) is 0 Å². The molecule has 1 heterocycles. The number of rotatable bonds is 3. The smallest absolute Gasteiger partial charge is 0.225 e. The van der Waals surface area contributed by atoms with Crippen LogP contribution in [0.3, 0.4) is 0 Å². The van der Waals surface area contributed by atoms with Gasteiger partial charge in [0.25, 0.3) is 0 Å². The van der Waals surface area contributed by atoms with Gasteiger partial charge in [-0.3, -0.25) is 0 Å². The van der Waals surface area contributed by atoms with Crippen molar-refractivity contribution >= 4 is 22.7 Å². The number of benzene rings is 1. The molecular weight excluding hydrogens is 224 g/mol. The standard InChI is InChI=1S/C11H12N2O2S/c1-14-8-6-4-5-7-9(8)12-11(16-3)13-10(7)15-2/h4-6H,1-3H3. The highest BCUT2D eigenvalue weighted by Gasteiger charge is 2.10. The molecule has 2 rings (SSSR count). The summed E-state index contributed by atoms with van der Waals surface area (Å²) in [5.74, 6) is 1.31. The van der Waals surface area contributed by atoms with Crippen molar-refractivity contribution in [3.8, 4) is 11.6 Å². The van der Waals surface area contributed by atoms with E-state index in [0.717, 1.165) is 16.7 Å². The summed E-state index contributed by atoms with van der Waals surface area (Å²) >= 11 is 1.47. The van der Waals surface area contributed by atoms with Gasteiger partial charge in [0, 0.05) is 0 Å². The number of para-hydroxylation sites is 1. The minimum Gasteiger partial charge on any atom is -0.494 e. The molecule has 0 aliphatic carbocycles. The molecule has 0 fully saturated rings. The first-order chi connectivity index (χ1) is 7.80. The Kier molecular flexibility index (Phi) is 3.14. The first-order valence-electron chi connectivity index (χ1n) is 4.73. The van der Waals surface area contributed by atoms with Crippen molar-refractivity contribution in [2.45, 2.75) is 5.16 Å². The lowest BCUT2D eigenvalue weighted by Crippen LogP contribution is -1.96. The number of ether oxygens (including phenoxy) is 2. The van der Waals surface area contributed by atoms with Crippen LogP contribution in [-0.4, -0.2) is 30.4 Å². The maximum absolute atomic E-state index is 5.27. The molecule has 0 unspecified atom stereocenters. The fraction of sp³-hybridized carbons (Fsp3) is 0.273. The Bertz CT molecular complexity index is 517. The third-order valence-electron chi connectivity index (χ3n) is 2.23. The molecule has 0 amide bonds. The lowest BCUT2D eigenvalue weighted by molar-refractivity contribution is 0.396. The van der Waals surface area contributed by atoms with Crippen LogP contribution in [0.1, 0.15) is 0 Å². The van der Waals surface area contributed by atoms with Gasteiger partial charge in [0.05, 0.1) is 19.6 Å². The molecule has 0 spiro atoms. The minimum absolute atomic E-state index is 0.577. The van der Waals surface area contributed by atoms with E-state index in [1.54, 1.807) is 14.2 Å². The highest BCUT2D eigenvalue weighted by molar-refractivity contribution is 7.98. The Balaban J connectivity index is 2.78. The van der Waals surface area contributed by atoms with E-state index in [1.807, 2.05) is 24.5 Å². The van der Waals surface area contributed by atoms with E-state index in [4.69, 9.17) is 9.47 Å². The number of thioether (sulfide) groups is 1. The van der Waals surface area contributed by atoms with Crippen LogP contribution in [0.15, 0.2) is 23.4 Å². The Labute approximate surface area is 98.0 Å². The number of fused-ring (bicyclic) bond motifs is 1. The fourth-order valence-corrected chi connectivity index (χ4v) is 1.85. The Morgan fingerprint density at radius 2 is 1.94 bits per heavy atom. The largest absolute Gasteiger partial charge is 0.494 e. The quantitative estimate of drug-likeness (QED) is 0.604. The van der Waals surface area contributed by atoms with E-state index >= 15 is 0 Å². The highest BCUT2D eigenvalue weighted by Crippen LogP contribution is 2.30. The lowest BCUT2D eigenvalue weighted by Gasteiger charge is -2.08. The molecule has 0 bridgehead atoms. The van der Waals surface area contributed by atoms with Crippen LogP contribution in [0.25, 0.3) is 10.9 Å². The molecule has 84 valence electrons. The van der Waals surface area contributed by atoms with Gasteiger partial charge < -0.3 is 9.47 Å². The van der Waals surface area contributed by atoms with Crippen molar-refractivity contribution in [2.24, 2.45) is 0 Å². The van der Waals surface area contributed by atoms with Crippen molar-refractivity contribution in [1.82, 2.24) is 9.97 Å². The molecule has 1 aromatic heterocycles. The predicted octanol–water partition coefficient (Wildman–Crippen LogP) is 2.37. The third kappa shape index (κ3) is 1.78. The number of hydrogen-bond acceptors (Lipinski definition) is 5. The number of nitrogens with zero attached hydrogens (tertiary/aromatic N) is 2. The van der Waals surface area contributed by atoms with Crippen LogP contribution in [0, 0.1) is 0 Å². The van der Waals surface area contributed by atoms with Gasteiger partial charge in [-0.05, 0) is 18.4 Å². The maximum Gasteiger partial charge on any atom is 0.225 e. The van der Waals surface area contributed by atoms with E-state index < -0.39 is 0 Å². The summed E-state index contributed by atoms with van der Waals surface area (Å²) in [7, 11) is 3.23. The molecule has 2 aromatic rings. The number of aromatic nitrogens is 2. The van der Waals surface area contributed by atoms with Crippen LogP contribution in [-0.2, 0) is 0 Å². The van der Waals surface area contributed by atoms with Gasteiger partial charge in [0.1, 0.15) is 11.3 Å². The lowest BCUT2D eigenvalue weighted by atomic mass is 10.2. The summed E-state index contributed by atoms with van der Waals surface area (Å²) in [4.78, 5) is 8.71. The summed E-state index contributed by atoms with van der Waals surface area (Å²) in [5, 5.41) is 1.54. The third-order valence-corrected chi connectivity index (χ3v) is 2.78. The van der Waals surface area contributed by atoms with Crippen LogP contribution >= 0.6 is 11.8 Å². The second kappa shape index (κ2) is 4.57. The first kappa shape index (κ1) is 11.0. The molecule has 0 saturated carbocycles. The van der Waals surface area contributed by atoms with Crippen molar-refractivity contribution in [3.05, 3.63) is 18.2 Å². The summed E-state index contributed by atoms with van der Waals surface area (Å²) in [6, 6.07) is 5.69. The molecule has 0 radical (unpaired) electrons. The predicted molar refractivity (Wildman–Crippen MR) is 64.4 cm³/mol. The molecule has 1 aromatic carbocycles. The van der Waals surface area contributed by atoms with Gasteiger partial charge in [-0.2, -0.15) is 4.98 Å². The summed E-state index contributed by atoms with van der Waals surface area (Å²) < 4.78 is 10.5. The van der Waals surface area contributed by atoms with Gasteiger partial charge in [0.15, 0.2) is 5.16 Å². The topological polar surface area (TPSA) is 44.2 Å². The van der Waals surface area contributed by atoms with Crippen LogP contribution in [0.4, 0.5) is 0 Å². The van der Waals surface area contributed by atoms with Gasteiger partial charge >= 0.3 is 0 Å². The Morgan fingerprint density at radius 1 is 1.12 bits per heavy atom. The zero-order valence-electron chi connectivity index (χ0n) is 9.35. The van der Waals surface area contributed by atoms with E-state index in [-0.39, 0.29) is 0 Å². The van der Waals surface area contributed by atoms with E-state index in [2.05, 4.69) is 9.97 Å². The zero-order valence-corrected chi connectivity index (χ0v) is 10.2. The van der Waals surface area contributed by atoms with Gasteiger partial charge in [-0.1, -0.05) is 17.8 Å². The number of methoxy groups -OCH3 is 2. The number of hydrogen-bond donors (Lipinski definition) is 0. The minimum atomic E-state index is 0.577. The summed E-state index contributed by atoms with van der Waals surface area (Å²) in [6.07, 6.45) is 1.93. The molecule has 0 aliphatic heterocycles. The molecular formula is C11H12N2O2S. The second-order valence-electron chi connectivity index (χ2n) is 3.08. The summed E-state index contributed by atoms with van der Waals surface area (Å²) in [5.41, 5.74) is 0.779. The average molecular weight is 236 g/mol. The fourth-order valence-electron chi connectivity index (χ4n) is 1.49. The SMILES string of the molecule is COc1nc(SC)nc2c(OC)cccc12. The van der Waals surface area contributed by atoms with Gasteiger partial charge in [-0.25, -0.2) is 4.98 Å². The van der Waals surface area contributed by atoms with Crippen LogP contribution < -0.4 is 9.47 Å². The van der Waals surface area contributed by atoms with Crippen LogP contribution in [0.5, 0.6) is 11.6 Å². The maximum atomic E-state index is 5.27. The normalized spacial score (nSPS) is 10.4. The average Bonchev–Trinajstić information content (AvgIpc) is 2.36. The van der Waals surface area contributed by atoms with E-state index in [1.165, 1.54) is 11.8 Å². The van der Waals surface area contributed by atoms with Gasteiger partial charge in [0.2, 0.25) is 5.88 Å². The molecule has 5 heteroatoms. The Hall–Kier alpha value is -1.49. The van der Waals surface area contributed by atoms with E-state index in [0.29, 0.717) is 11.0 Å². The molecule has 0 N–H and O–H groups in total. The monoisotopic (exact) mass is 236 g/mol. The zero-order chi connectivity index (χ0) is 11.5. The van der Waals surface area contributed by atoms with Crippen LogP contribution in [0.2, 0.25) is 0 Å². The molecule has 4 nitrogen and oxygen atoms in total. The van der Waals surface area contributed by atoms with E-state index in [9.17, 15) is 0 Å². The van der Waals surface area contributed by atoms with Crippen molar-refractivity contribution in [3.63, 3.8) is 0 Å².